The first kappa shape index (κ1) is 81.6. The van der Waals surface area contributed by atoms with Gasteiger partial charge in [-0.15, -0.1) is 0 Å². The Morgan fingerprint density at radius 1 is 0.274 bits per heavy atom. The quantitative estimate of drug-likeness (QED) is 0.0373. The topological polar surface area (TPSA) is 72.8 Å². The Hall–Kier alpha value is -2.40. The lowest BCUT2D eigenvalue weighted by atomic mass is 10.0. The van der Waals surface area contributed by atoms with Gasteiger partial charge in [-0.3, -0.25) is 9.59 Å². The van der Waals surface area contributed by atoms with Crippen LogP contribution in [0.4, 0.5) is 0 Å². The van der Waals surface area contributed by atoms with Crippen LogP contribution < -0.4 is 0 Å². The molecule has 492 valence electrons. The Labute approximate surface area is 525 Å². The van der Waals surface area contributed by atoms with Crippen LogP contribution >= 0.6 is 0 Å². The van der Waals surface area contributed by atoms with E-state index < -0.39 is 6.10 Å². The fraction of sp³-hybridized carbons (Fsp3) is 0.848. The average molecular weight is 1180 g/mol. The molecule has 0 amide bonds. The Kier molecular flexibility index (Phi) is 72.7. The number of aliphatic hydroxyl groups is 1. The SMILES string of the molecule is CCCCCCC/C=C\C/C=C\C/C=C\CCCCCCCCCCCCCCCCC(=O)OC(CO)COC(=O)CCCCCCCCCCCCCCCCCCCCCCCCCCCCCCC/C=C\C/C=C\CCCCCCC. The molecule has 0 rings (SSSR count). The highest BCUT2D eigenvalue weighted by molar-refractivity contribution is 5.70. The van der Waals surface area contributed by atoms with E-state index in [1.165, 1.54) is 327 Å². The van der Waals surface area contributed by atoms with E-state index in [1.54, 1.807) is 0 Å². The Balaban J connectivity index is 3.38. The first-order chi connectivity index (χ1) is 41.6. The zero-order valence-corrected chi connectivity index (χ0v) is 56.7. The predicted molar refractivity (Wildman–Crippen MR) is 371 cm³/mol. The Morgan fingerprint density at radius 3 is 0.714 bits per heavy atom. The molecule has 0 fully saturated rings. The molecule has 1 N–H and O–H groups in total. The van der Waals surface area contributed by atoms with Gasteiger partial charge in [0.25, 0.3) is 0 Å². The van der Waals surface area contributed by atoms with E-state index in [4.69, 9.17) is 9.47 Å². The summed E-state index contributed by atoms with van der Waals surface area (Å²) < 4.78 is 10.8. The van der Waals surface area contributed by atoms with Crippen LogP contribution in [0.25, 0.3) is 0 Å². The molecule has 0 aliphatic carbocycles. The molecule has 0 aromatic carbocycles. The van der Waals surface area contributed by atoms with Crippen molar-refractivity contribution in [3.63, 3.8) is 0 Å². The summed E-state index contributed by atoms with van der Waals surface area (Å²) in [5, 5.41) is 9.71. The van der Waals surface area contributed by atoms with Gasteiger partial charge in [-0.25, -0.2) is 0 Å². The molecule has 0 heterocycles. The van der Waals surface area contributed by atoms with E-state index in [9.17, 15) is 14.7 Å². The molecule has 84 heavy (non-hydrogen) atoms. The summed E-state index contributed by atoms with van der Waals surface area (Å²) >= 11 is 0. The highest BCUT2D eigenvalue weighted by Crippen LogP contribution is 2.19. The highest BCUT2D eigenvalue weighted by Gasteiger charge is 2.16. The number of allylic oxidation sites excluding steroid dienone is 10. The molecular formula is C79H146O5. The molecule has 0 saturated carbocycles. The number of carbonyl (C=O) groups is 2. The van der Waals surface area contributed by atoms with Gasteiger partial charge in [0.1, 0.15) is 6.61 Å². The minimum atomic E-state index is -0.773. The van der Waals surface area contributed by atoms with E-state index in [1.807, 2.05) is 0 Å². The predicted octanol–water partition coefficient (Wildman–Crippen LogP) is 26.4. The molecule has 5 heteroatoms. The van der Waals surface area contributed by atoms with Gasteiger partial charge in [0.05, 0.1) is 6.61 Å². The second kappa shape index (κ2) is 74.9. The van der Waals surface area contributed by atoms with Crippen LogP contribution in [0.15, 0.2) is 60.8 Å². The molecular weight excluding hydrogens is 1030 g/mol. The minimum Gasteiger partial charge on any atom is -0.462 e. The molecule has 1 atom stereocenters. The number of hydrogen-bond donors (Lipinski definition) is 1. The van der Waals surface area contributed by atoms with Gasteiger partial charge in [-0.05, 0) is 83.5 Å². The van der Waals surface area contributed by atoms with Crippen LogP contribution in [-0.2, 0) is 19.1 Å². The van der Waals surface area contributed by atoms with E-state index in [2.05, 4.69) is 74.6 Å². The van der Waals surface area contributed by atoms with Crippen molar-refractivity contribution in [3.8, 4) is 0 Å². The fourth-order valence-electron chi connectivity index (χ4n) is 11.6. The van der Waals surface area contributed by atoms with Crippen molar-refractivity contribution in [3.05, 3.63) is 60.8 Å². The molecule has 0 aromatic rings. The Bertz CT molecular complexity index is 1430. The fourth-order valence-corrected chi connectivity index (χ4v) is 11.6. The van der Waals surface area contributed by atoms with Gasteiger partial charge in [0.2, 0.25) is 0 Å². The standard InChI is InChI=1S/C79H146O5/c1-3-5-7-9-11-13-15-17-19-21-23-25-27-29-31-33-34-35-36-37-38-39-40-41-42-43-44-46-47-49-51-53-55-57-59-61-63-65-67-69-71-73-78(81)83-76-77(75-80)84-79(82)74-72-70-68-66-64-62-60-58-56-54-52-50-48-45-32-30-28-26-24-22-20-18-16-14-12-10-8-6-4-2/h15-18,21-24,28,30,77,80H,3-14,19-20,25-27,29,31-76H2,1-2H3/b17-15-,18-16-,23-21-,24-22-,30-28-. The van der Waals surface area contributed by atoms with E-state index in [0.29, 0.717) is 12.8 Å². The van der Waals surface area contributed by atoms with Crippen molar-refractivity contribution in [2.24, 2.45) is 0 Å². The molecule has 5 nitrogen and oxygen atoms in total. The maximum atomic E-state index is 12.4. The van der Waals surface area contributed by atoms with Crippen LogP contribution in [0.5, 0.6) is 0 Å². The van der Waals surface area contributed by atoms with Crippen molar-refractivity contribution in [1.29, 1.82) is 0 Å². The molecule has 0 aromatic heterocycles. The molecule has 0 spiro atoms. The monoisotopic (exact) mass is 1180 g/mol. The number of unbranched alkanes of at least 4 members (excludes halogenated alkanes) is 53. The number of ether oxygens (including phenoxy) is 2. The number of esters is 2. The van der Waals surface area contributed by atoms with E-state index >= 15 is 0 Å². The molecule has 0 aliphatic heterocycles. The summed E-state index contributed by atoms with van der Waals surface area (Å²) in [6.07, 6.45) is 103. The van der Waals surface area contributed by atoms with Crippen LogP contribution in [0.2, 0.25) is 0 Å². The molecule has 0 aliphatic rings. The van der Waals surface area contributed by atoms with Gasteiger partial charge < -0.3 is 14.6 Å². The van der Waals surface area contributed by atoms with Crippen molar-refractivity contribution in [2.45, 2.75) is 418 Å². The lowest BCUT2D eigenvalue weighted by molar-refractivity contribution is -0.161. The van der Waals surface area contributed by atoms with Gasteiger partial charge in [-0.2, -0.15) is 0 Å². The lowest BCUT2D eigenvalue weighted by Gasteiger charge is -2.15. The van der Waals surface area contributed by atoms with Crippen LogP contribution in [-0.4, -0.2) is 36.4 Å². The first-order valence-corrected chi connectivity index (χ1v) is 37.8. The van der Waals surface area contributed by atoms with Crippen LogP contribution in [0, 0.1) is 0 Å². The summed E-state index contributed by atoms with van der Waals surface area (Å²) in [5.74, 6) is -0.570. The number of aliphatic hydroxyl groups excluding tert-OH is 1. The third-order valence-corrected chi connectivity index (χ3v) is 17.3. The largest absolute Gasteiger partial charge is 0.462 e. The third kappa shape index (κ3) is 72.1. The molecule has 1 unspecified atom stereocenters. The maximum absolute atomic E-state index is 12.4. The number of hydrogen-bond acceptors (Lipinski definition) is 5. The van der Waals surface area contributed by atoms with Crippen LogP contribution in [0.3, 0.4) is 0 Å². The summed E-state index contributed by atoms with van der Waals surface area (Å²) in [4.78, 5) is 24.7. The second-order valence-corrected chi connectivity index (χ2v) is 25.7. The van der Waals surface area contributed by atoms with Crippen LogP contribution in [0.1, 0.15) is 412 Å². The van der Waals surface area contributed by atoms with Crippen molar-refractivity contribution < 1.29 is 24.2 Å². The van der Waals surface area contributed by atoms with Crippen molar-refractivity contribution in [1.82, 2.24) is 0 Å². The zero-order chi connectivity index (χ0) is 60.5. The highest BCUT2D eigenvalue weighted by atomic mass is 16.6. The summed E-state index contributed by atoms with van der Waals surface area (Å²) in [7, 11) is 0. The molecule has 0 saturated heterocycles. The van der Waals surface area contributed by atoms with Crippen molar-refractivity contribution >= 4 is 11.9 Å². The van der Waals surface area contributed by atoms with E-state index in [-0.39, 0.29) is 25.2 Å². The third-order valence-electron chi connectivity index (χ3n) is 17.3. The first-order valence-electron chi connectivity index (χ1n) is 37.8. The molecule has 0 bridgehead atoms. The number of rotatable bonds is 71. The average Bonchev–Trinajstić information content (AvgIpc) is 3.51. The summed E-state index contributed by atoms with van der Waals surface area (Å²) in [6, 6.07) is 0. The maximum Gasteiger partial charge on any atom is 0.306 e. The summed E-state index contributed by atoms with van der Waals surface area (Å²) in [6.45, 7) is 4.17. The van der Waals surface area contributed by atoms with Gasteiger partial charge >= 0.3 is 11.9 Å². The zero-order valence-electron chi connectivity index (χ0n) is 56.7. The van der Waals surface area contributed by atoms with E-state index in [0.717, 1.165) is 57.8 Å². The smallest absolute Gasteiger partial charge is 0.306 e. The normalized spacial score (nSPS) is 12.5. The number of carbonyl (C=O) groups excluding carboxylic acids is 2. The van der Waals surface area contributed by atoms with Gasteiger partial charge in [0.15, 0.2) is 6.10 Å². The summed E-state index contributed by atoms with van der Waals surface area (Å²) in [5.41, 5.74) is 0. The minimum absolute atomic E-state index is 0.0618. The Morgan fingerprint density at radius 2 is 0.476 bits per heavy atom. The van der Waals surface area contributed by atoms with Gasteiger partial charge in [-0.1, -0.05) is 376 Å². The molecule has 0 radical (unpaired) electrons. The lowest BCUT2D eigenvalue weighted by Crippen LogP contribution is -2.28. The van der Waals surface area contributed by atoms with Crippen molar-refractivity contribution in [2.75, 3.05) is 13.2 Å². The second-order valence-electron chi connectivity index (χ2n) is 25.7. The van der Waals surface area contributed by atoms with Gasteiger partial charge in [0, 0.05) is 12.8 Å².